The number of methoxy groups -OCH3 is 1. The van der Waals surface area contributed by atoms with Crippen molar-refractivity contribution in [1.29, 1.82) is 0 Å². The van der Waals surface area contributed by atoms with Crippen molar-refractivity contribution in [3.8, 4) is 5.75 Å². The zero-order chi connectivity index (χ0) is 14.6. The fourth-order valence-electron chi connectivity index (χ4n) is 1.43. The van der Waals surface area contributed by atoms with E-state index >= 15 is 0 Å². The highest BCUT2D eigenvalue weighted by Gasteiger charge is 2.14. The van der Waals surface area contributed by atoms with Crippen molar-refractivity contribution in [1.82, 2.24) is 5.32 Å². The van der Waals surface area contributed by atoms with E-state index in [-0.39, 0.29) is 23.3 Å². The second-order valence-corrected chi connectivity index (χ2v) is 6.85. The number of nitrogens with one attached hydrogen (secondary N) is 1. The molecule has 0 unspecified atom stereocenters. The molecule has 0 spiro atoms. The van der Waals surface area contributed by atoms with Crippen LogP contribution in [-0.4, -0.2) is 21.4 Å². The van der Waals surface area contributed by atoms with Gasteiger partial charge >= 0.3 is 0 Å². The minimum absolute atomic E-state index is 0.0243. The first-order valence-corrected chi connectivity index (χ1v) is 7.96. The molecule has 0 fully saturated rings. The number of hydrogen-bond acceptors (Lipinski definition) is 4. The molecule has 1 rings (SSSR count). The van der Waals surface area contributed by atoms with Gasteiger partial charge in [0.25, 0.3) is 9.05 Å². The van der Waals surface area contributed by atoms with E-state index in [4.69, 9.17) is 15.4 Å². The van der Waals surface area contributed by atoms with Gasteiger partial charge in [0, 0.05) is 28.7 Å². The molecule has 0 aliphatic carbocycles. The van der Waals surface area contributed by atoms with E-state index in [2.05, 4.69) is 5.32 Å². The van der Waals surface area contributed by atoms with Crippen LogP contribution < -0.4 is 10.1 Å². The number of rotatable bonds is 5. The molecule has 19 heavy (non-hydrogen) atoms. The SMILES string of the molecule is COc1ccc(S(=O)(=O)Cl)cc1CNC(=O)C(C)C. The van der Waals surface area contributed by atoms with Crippen molar-refractivity contribution in [2.75, 3.05) is 7.11 Å². The van der Waals surface area contributed by atoms with Crippen LogP contribution in [0.2, 0.25) is 0 Å². The zero-order valence-electron chi connectivity index (χ0n) is 10.9. The van der Waals surface area contributed by atoms with E-state index in [0.717, 1.165) is 0 Å². The van der Waals surface area contributed by atoms with Gasteiger partial charge in [0.15, 0.2) is 0 Å². The number of halogens is 1. The number of carbonyl (C=O) groups excluding carboxylic acids is 1. The van der Waals surface area contributed by atoms with Crippen LogP contribution in [0.3, 0.4) is 0 Å². The Bertz CT molecular complexity index is 569. The molecule has 1 N–H and O–H groups in total. The molecular weight excluding hydrogens is 290 g/mol. The molecule has 0 atom stereocenters. The lowest BCUT2D eigenvalue weighted by molar-refractivity contribution is -0.124. The van der Waals surface area contributed by atoms with Gasteiger partial charge in [0.05, 0.1) is 12.0 Å². The lowest BCUT2D eigenvalue weighted by Crippen LogP contribution is -2.27. The molecule has 5 nitrogen and oxygen atoms in total. The smallest absolute Gasteiger partial charge is 0.261 e. The molecule has 0 aliphatic heterocycles. The highest BCUT2D eigenvalue weighted by atomic mass is 35.7. The normalized spacial score (nSPS) is 11.4. The Kier molecular flexibility index (Phi) is 5.20. The Morgan fingerprint density at radius 1 is 1.42 bits per heavy atom. The number of hydrogen-bond donors (Lipinski definition) is 1. The minimum atomic E-state index is -3.80. The molecule has 1 amide bonds. The third-order valence-electron chi connectivity index (χ3n) is 2.51. The Hall–Kier alpha value is -1.27. The highest BCUT2D eigenvalue weighted by molar-refractivity contribution is 8.13. The predicted octanol–water partition coefficient (Wildman–Crippen LogP) is 1.89. The van der Waals surface area contributed by atoms with E-state index < -0.39 is 9.05 Å². The van der Waals surface area contributed by atoms with Crippen LogP contribution in [0.5, 0.6) is 5.75 Å². The summed E-state index contributed by atoms with van der Waals surface area (Å²) in [6.45, 7) is 3.72. The fourth-order valence-corrected chi connectivity index (χ4v) is 2.23. The second kappa shape index (κ2) is 6.25. The van der Waals surface area contributed by atoms with Crippen molar-refractivity contribution in [2.24, 2.45) is 5.92 Å². The first-order valence-electron chi connectivity index (χ1n) is 5.65. The topological polar surface area (TPSA) is 72.5 Å². The summed E-state index contributed by atoms with van der Waals surface area (Å²) in [5.41, 5.74) is 0.554. The van der Waals surface area contributed by atoms with Crippen molar-refractivity contribution >= 4 is 25.6 Å². The van der Waals surface area contributed by atoms with E-state index in [1.54, 1.807) is 13.8 Å². The third-order valence-corrected chi connectivity index (χ3v) is 3.86. The lowest BCUT2D eigenvalue weighted by atomic mass is 10.1. The van der Waals surface area contributed by atoms with Crippen molar-refractivity contribution in [3.05, 3.63) is 23.8 Å². The number of ether oxygens (including phenoxy) is 1. The van der Waals surface area contributed by atoms with E-state index in [1.807, 2.05) is 0 Å². The molecule has 1 aromatic rings. The largest absolute Gasteiger partial charge is 0.496 e. The Morgan fingerprint density at radius 2 is 2.05 bits per heavy atom. The van der Waals surface area contributed by atoms with Crippen molar-refractivity contribution in [3.63, 3.8) is 0 Å². The molecule has 1 aromatic carbocycles. The molecule has 106 valence electrons. The minimum Gasteiger partial charge on any atom is -0.496 e. The maximum Gasteiger partial charge on any atom is 0.261 e. The molecule has 0 saturated heterocycles. The van der Waals surface area contributed by atoms with E-state index in [0.29, 0.717) is 11.3 Å². The Labute approximate surface area is 117 Å². The number of benzene rings is 1. The maximum atomic E-state index is 11.5. The maximum absolute atomic E-state index is 11.5. The van der Waals surface area contributed by atoms with Crippen LogP contribution >= 0.6 is 10.7 Å². The number of amides is 1. The molecule has 7 heteroatoms. The number of carbonyl (C=O) groups is 1. The highest BCUT2D eigenvalue weighted by Crippen LogP contribution is 2.24. The van der Waals surface area contributed by atoms with Crippen LogP contribution in [0, 0.1) is 5.92 Å². The standard InChI is InChI=1S/C12H16ClNO4S/c1-8(2)12(15)14-7-9-6-10(19(13,16)17)4-5-11(9)18-3/h4-6,8H,7H2,1-3H3,(H,14,15). The van der Waals surface area contributed by atoms with Crippen molar-refractivity contribution < 1.29 is 17.9 Å². The van der Waals surface area contributed by atoms with Gasteiger partial charge in [-0.1, -0.05) is 13.8 Å². The summed E-state index contributed by atoms with van der Waals surface area (Å²) in [4.78, 5) is 11.5. The molecule has 0 aliphatic rings. The summed E-state index contributed by atoms with van der Waals surface area (Å²) < 4.78 is 27.7. The van der Waals surface area contributed by atoms with Gasteiger partial charge in [-0.2, -0.15) is 0 Å². The summed E-state index contributed by atoms with van der Waals surface area (Å²) in [7, 11) is 2.95. The summed E-state index contributed by atoms with van der Waals surface area (Å²) in [6.07, 6.45) is 0. The summed E-state index contributed by atoms with van der Waals surface area (Å²) in [5, 5.41) is 2.69. The molecule has 0 bridgehead atoms. The monoisotopic (exact) mass is 305 g/mol. The lowest BCUT2D eigenvalue weighted by Gasteiger charge is -2.12. The van der Waals surface area contributed by atoms with Crippen LogP contribution in [0.4, 0.5) is 0 Å². The van der Waals surface area contributed by atoms with Gasteiger partial charge in [0.1, 0.15) is 5.75 Å². The van der Waals surface area contributed by atoms with Crippen LogP contribution in [0.25, 0.3) is 0 Å². The summed E-state index contributed by atoms with van der Waals surface area (Å²) >= 11 is 0. The average Bonchev–Trinajstić information content (AvgIpc) is 2.34. The summed E-state index contributed by atoms with van der Waals surface area (Å²) in [5.74, 6) is 0.222. The second-order valence-electron chi connectivity index (χ2n) is 4.28. The predicted molar refractivity (Wildman–Crippen MR) is 72.7 cm³/mol. The Morgan fingerprint density at radius 3 is 2.53 bits per heavy atom. The molecule has 0 heterocycles. The fraction of sp³-hybridized carbons (Fsp3) is 0.417. The first-order chi connectivity index (χ1) is 8.75. The average molecular weight is 306 g/mol. The molecule has 0 saturated carbocycles. The Balaban J connectivity index is 3.00. The summed E-state index contributed by atoms with van der Waals surface area (Å²) in [6, 6.07) is 4.25. The van der Waals surface area contributed by atoms with Crippen LogP contribution in [0.15, 0.2) is 23.1 Å². The quantitative estimate of drug-likeness (QED) is 0.843. The van der Waals surface area contributed by atoms with Crippen LogP contribution in [0.1, 0.15) is 19.4 Å². The van der Waals surface area contributed by atoms with Gasteiger partial charge in [-0.05, 0) is 18.2 Å². The first kappa shape index (κ1) is 15.8. The van der Waals surface area contributed by atoms with E-state index in [1.165, 1.54) is 25.3 Å². The van der Waals surface area contributed by atoms with Gasteiger partial charge in [0.2, 0.25) is 5.91 Å². The van der Waals surface area contributed by atoms with Gasteiger partial charge in [-0.3, -0.25) is 4.79 Å². The third kappa shape index (κ3) is 4.40. The van der Waals surface area contributed by atoms with Crippen LogP contribution in [-0.2, 0) is 20.4 Å². The van der Waals surface area contributed by atoms with Gasteiger partial charge in [-0.15, -0.1) is 0 Å². The van der Waals surface area contributed by atoms with E-state index in [9.17, 15) is 13.2 Å². The molecular formula is C12H16ClNO4S. The van der Waals surface area contributed by atoms with Crippen molar-refractivity contribution in [2.45, 2.75) is 25.3 Å². The molecule has 0 radical (unpaired) electrons. The van der Waals surface area contributed by atoms with Gasteiger partial charge < -0.3 is 10.1 Å². The van der Waals surface area contributed by atoms with Gasteiger partial charge in [-0.25, -0.2) is 8.42 Å². The molecule has 0 aromatic heterocycles. The zero-order valence-corrected chi connectivity index (χ0v) is 12.5.